The van der Waals surface area contributed by atoms with Crippen LogP contribution in [0, 0.1) is 5.41 Å². The lowest BCUT2D eigenvalue weighted by Gasteiger charge is -2.40. The van der Waals surface area contributed by atoms with E-state index in [1.165, 1.54) is 0 Å². The second-order valence-corrected chi connectivity index (χ2v) is 11.7. The van der Waals surface area contributed by atoms with Crippen molar-refractivity contribution in [3.63, 3.8) is 0 Å². The average molecular weight is 675 g/mol. The van der Waals surface area contributed by atoms with Crippen LogP contribution in [0.3, 0.4) is 0 Å². The Morgan fingerprint density at radius 1 is 0.932 bits per heavy atom. The zero-order valence-electron chi connectivity index (χ0n) is 26.4. The van der Waals surface area contributed by atoms with Crippen LogP contribution >= 0.6 is 15.9 Å². The van der Waals surface area contributed by atoms with Crippen molar-refractivity contribution in [2.45, 2.75) is 44.6 Å². The van der Waals surface area contributed by atoms with Crippen LogP contribution in [0.2, 0.25) is 0 Å². The summed E-state index contributed by atoms with van der Waals surface area (Å²) in [6, 6.07) is 11.4. The molecular weight excluding hydrogens is 630 g/mol. The maximum atomic E-state index is 14.8. The molecule has 2 atom stereocenters. The molecule has 1 aliphatic heterocycles. The van der Waals surface area contributed by atoms with Crippen molar-refractivity contribution < 1.29 is 38.0 Å². The molecule has 44 heavy (non-hydrogen) atoms. The molecule has 10 heteroatoms. The van der Waals surface area contributed by atoms with Crippen LogP contribution in [0.4, 0.5) is 0 Å². The van der Waals surface area contributed by atoms with E-state index in [1.54, 1.807) is 35.5 Å². The number of likely N-dealkylation sites (tertiary alicyclic amines) is 1. The van der Waals surface area contributed by atoms with Gasteiger partial charge in [-0.05, 0) is 83.6 Å². The molecule has 1 amide bonds. The highest BCUT2D eigenvalue weighted by atomic mass is 79.9. The minimum absolute atomic E-state index is 0.0317. The van der Waals surface area contributed by atoms with Crippen molar-refractivity contribution in [2.24, 2.45) is 5.41 Å². The van der Waals surface area contributed by atoms with Gasteiger partial charge in [0, 0.05) is 33.6 Å². The molecule has 240 valence electrons. The van der Waals surface area contributed by atoms with Gasteiger partial charge in [0.2, 0.25) is 5.91 Å². The van der Waals surface area contributed by atoms with Gasteiger partial charge in [-0.3, -0.25) is 4.79 Å². The Labute approximate surface area is 269 Å². The number of halogens is 1. The van der Waals surface area contributed by atoms with Crippen LogP contribution in [-0.2, 0) is 25.4 Å². The van der Waals surface area contributed by atoms with Gasteiger partial charge in [-0.1, -0.05) is 17.7 Å². The number of methoxy groups -OCH3 is 5. The topological polar surface area (TPSA) is 84.9 Å². The van der Waals surface area contributed by atoms with Crippen LogP contribution in [0.5, 0.6) is 23.0 Å². The van der Waals surface area contributed by atoms with Gasteiger partial charge in [-0.15, -0.1) is 0 Å². The van der Waals surface area contributed by atoms with E-state index in [1.807, 2.05) is 47.4 Å². The first-order valence-electron chi connectivity index (χ1n) is 14.9. The number of allylic oxidation sites excluding steroid dienone is 1. The SMILES string of the molecule is COCOc1c(OC)ccc(CC[C@]2(C(=O)N3CCC[C@H]3COC)C=C(OC)CC=C2CCOc2ccc(OC)cc2)c1Br. The molecule has 0 spiro atoms. The molecule has 1 saturated heterocycles. The summed E-state index contributed by atoms with van der Waals surface area (Å²) in [6.07, 6.45) is 8.36. The van der Waals surface area contributed by atoms with Gasteiger partial charge in [0.1, 0.15) is 11.5 Å². The molecule has 0 unspecified atom stereocenters. The van der Waals surface area contributed by atoms with Crippen molar-refractivity contribution >= 4 is 21.8 Å². The summed E-state index contributed by atoms with van der Waals surface area (Å²) in [4.78, 5) is 16.8. The molecule has 0 aromatic heterocycles. The van der Waals surface area contributed by atoms with Crippen LogP contribution in [0.25, 0.3) is 0 Å². The Morgan fingerprint density at radius 2 is 1.70 bits per heavy atom. The summed E-state index contributed by atoms with van der Waals surface area (Å²) < 4.78 is 40.0. The Morgan fingerprint density at radius 3 is 2.39 bits per heavy atom. The van der Waals surface area contributed by atoms with Crippen LogP contribution in [0.1, 0.15) is 37.7 Å². The summed E-state index contributed by atoms with van der Waals surface area (Å²) >= 11 is 3.74. The molecule has 0 N–H and O–H groups in total. The van der Waals surface area contributed by atoms with Gasteiger partial charge in [0.15, 0.2) is 18.3 Å². The lowest BCUT2D eigenvalue weighted by molar-refractivity contribution is -0.140. The van der Waals surface area contributed by atoms with E-state index in [2.05, 4.69) is 22.0 Å². The number of ether oxygens (including phenoxy) is 7. The third kappa shape index (κ3) is 7.71. The number of nitrogens with zero attached hydrogens (tertiary/aromatic N) is 1. The summed E-state index contributed by atoms with van der Waals surface area (Å²) in [6.45, 7) is 1.71. The van der Waals surface area contributed by atoms with Gasteiger partial charge < -0.3 is 38.1 Å². The van der Waals surface area contributed by atoms with E-state index in [-0.39, 0.29) is 18.7 Å². The highest BCUT2D eigenvalue weighted by molar-refractivity contribution is 9.10. The number of carbonyl (C=O) groups excluding carboxylic acids is 1. The molecule has 1 heterocycles. The second kappa shape index (κ2) is 16.2. The summed E-state index contributed by atoms with van der Waals surface area (Å²) in [5, 5.41) is 0. The Bertz CT molecular complexity index is 1310. The summed E-state index contributed by atoms with van der Waals surface area (Å²) in [5.74, 6) is 3.52. The number of hydrogen-bond acceptors (Lipinski definition) is 8. The number of aryl methyl sites for hydroxylation is 1. The largest absolute Gasteiger partial charge is 0.501 e. The second-order valence-electron chi connectivity index (χ2n) is 10.9. The Balaban J connectivity index is 1.67. The third-order valence-corrected chi connectivity index (χ3v) is 9.21. The van der Waals surface area contributed by atoms with Crippen molar-refractivity contribution in [1.29, 1.82) is 0 Å². The molecular formula is C34H44BrNO8. The van der Waals surface area contributed by atoms with Crippen molar-refractivity contribution in [3.05, 3.63) is 69.9 Å². The monoisotopic (exact) mass is 673 g/mol. The number of hydrogen-bond donors (Lipinski definition) is 0. The Kier molecular flexibility index (Phi) is 12.4. The molecule has 0 saturated carbocycles. The molecule has 1 aliphatic carbocycles. The standard InChI is InChI=1S/C34H44BrNO8/c1-38-22-26-7-6-19-36(26)33(37)34(18-16-24-8-15-30(42-5)32(31(24)35)44-23-39-2)21-29(41-4)10-9-25(34)17-20-43-28-13-11-27(40-3)12-14-28/h8-9,11-15,21,26H,6-7,10,16-20,22-23H2,1-5H3/t26-,34-/m0/s1. The zero-order valence-corrected chi connectivity index (χ0v) is 27.9. The van der Waals surface area contributed by atoms with Crippen LogP contribution in [-0.4, -0.2) is 78.9 Å². The van der Waals surface area contributed by atoms with Gasteiger partial charge >= 0.3 is 0 Å². The maximum Gasteiger partial charge on any atom is 0.237 e. The van der Waals surface area contributed by atoms with Gasteiger partial charge in [0.25, 0.3) is 0 Å². The molecule has 1 fully saturated rings. The summed E-state index contributed by atoms with van der Waals surface area (Å²) in [5.41, 5.74) is 1.10. The van der Waals surface area contributed by atoms with E-state index in [4.69, 9.17) is 33.2 Å². The summed E-state index contributed by atoms with van der Waals surface area (Å²) in [7, 11) is 8.16. The quantitative estimate of drug-likeness (QED) is 0.151. The highest BCUT2D eigenvalue weighted by Crippen LogP contribution is 2.46. The average Bonchev–Trinajstić information content (AvgIpc) is 3.52. The van der Waals surface area contributed by atoms with E-state index < -0.39 is 5.41 Å². The van der Waals surface area contributed by atoms with Crippen molar-refractivity contribution in [3.8, 4) is 23.0 Å². The molecule has 9 nitrogen and oxygen atoms in total. The minimum atomic E-state index is -0.921. The van der Waals surface area contributed by atoms with Crippen LogP contribution < -0.4 is 18.9 Å². The molecule has 4 rings (SSSR count). The fraction of sp³-hybridized carbons (Fsp3) is 0.500. The predicted molar refractivity (Wildman–Crippen MR) is 171 cm³/mol. The Hall–Kier alpha value is -3.21. The lowest BCUT2D eigenvalue weighted by Crippen LogP contribution is -2.48. The normalized spacial score (nSPS) is 19.7. The molecule has 0 radical (unpaired) electrons. The molecule has 0 bridgehead atoms. The first kappa shape index (κ1) is 33.7. The fourth-order valence-electron chi connectivity index (χ4n) is 6.03. The molecule has 2 aliphatic rings. The fourth-order valence-corrected chi connectivity index (χ4v) is 6.67. The van der Waals surface area contributed by atoms with Crippen molar-refractivity contribution in [2.75, 3.05) is 62.1 Å². The van der Waals surface area contributed by atoms with Crippen LogP contribution in [0.15, 0.2) is 64.4 Å². The first-order chi connectivity index (χ1) is 21.4. The van der Waals surface area contributed by atoms with E-state index >= 15 is 0 Å². The van der Waals surface area contributed by atoms with E-state index in [0.29, 0.717) is 56.9 Å². The number of rotatable bonds is 16. The highest BCUT2D eigenvalue weighted by Gasteiger charge is 2.46. The lowest BCUT2D eigenvalue weighted by atomic mass is 9.70. The van der Waals surface area contributed by atoms with Gasteiger partial charge in [-0.25, -0.2) is 0 Å². The molecule has 2 aromatic carbocycles. The smallest absolute Gasteiger partial charge is 0.237 e. The van der Waals surface area contributed by atoms with E-state index in [0.717, 1.165) is 45.7 Å². The first-order valence-corrected chi connectivity index (χ1v) is 15.7. The van der Waals surface area contributed by atoms with Gasteiger partial charge in [0.05, 0.1) is 56.2 Å². The minimum Gasteiger partial charge on any atom is -0.501 e. The number of amides is 1. The van der Waals surface area contributed by atoms with Gasteiger partial charge in [-0.2, -0.15) is 0 Å². The third-order valence-electron chi connectivity index (χ3n) is 8.34. The van der Waals surface area contributed by atoms with Crippen molar-refractivity contribution in [1.82, 2.24) is 4.90 Å². The maximum absolute atomic E-state index is 14.8. The number of carbonyl (C=O) groups is 1. The number of benzene rings is 2. The zero-order chi connectivity index (χ0) is 31.5. The predicted octanol–water partition coefficient (Wildman–Crippen LogP) is 6.33. The van der Waals surface area contributed by atoms with E-state index in [9.17, 15) is 4.79 Å². The molecule has 2 aromatic rings.